The number of aliphatic hydroxyl groups is 2. The average Bonchev–Trinajstić information content (AvgIpc) is 2.47. The number of hydrogen-bond acceptors (Lipinski definition) is 3. The molecule has 2 aromatic rings. The lowest BCUT2D eigenvalue weighted by atomic mass is 10.0. The van der Waals surface area contributed by atoms with E-state index in [1.807, 2.05) is 0 Å². The van der Waals surface area contributed by atoms with Crippen molar-refractivity contribution < 1.29 is 15.0 Å². The van der Waals surface area contributed by atoms with Crippen LogP contribution < -0.4 is 0 Å². The zero-order chi connectivity index (χ0) is 13.0. The second-order valence-corrected chi connectivity index (χ2v) is 4.04. The molecule has 0 spiro atoms. The van der Waals surface area contributed by atoms with Crippen LogP contribution in [0, 0.1) is 0 Å². The van der Waals surface area contributed by atoms with Gasteiger partial charge in [-0.15, -0.1) is 0 Å². The van der Waals surface area contributed by atoms with Gasteiger partial charge in [-0.25, -0.2) is 0 Å². The van der Waals surface area contributed by atoms with Crippen LogP contribution in [0.25, 0.3) is 0 Å². The van der Waals surface area contributed by atoms with E-state index in [1.54, 1.807) is 48.5 Å². The topological polar surface area (TPSA) is 57.5 Å². The zero-order valence-corrected chi connectivity index (χ0v) is 9.84. The Morgan fingerprint density at radius 2 is 1.06 bits per heavy atom. The van der Waals surface area contributed by atoms with Crippen molar-refractivity contribution in [1.29, 1.82) is 0 Å². The summed E-state index contributed by atoms with van der Waals surface area (Å²) in [6.45, 7) is -0.0562. The monoisotopic (exact) mass is 242 g/mol. The van der Waals surface area contributed by atoms with Gasteiger partial charge >= 0.3 is 0 Å². The Labute approximate surface area is 105 Å². The van der Waals surface area contributed by atoms with Gasteiger partial charge in [0.1, 0.15) is 0 Å². The molecule has 2 N–H and O–H groups in total. The van der Waals surface area contributed by atoms with Crippen LogP contribution in [-0.4, -0.2) is 16.0 Å². The Kier molecular flexibility index (Phi) is 3.87. The van der Waals surface area contributed by atoms with E-state index < -0.39 is 0 Å². The number of aliphatic hydroxyl groups excluding tert-OH is 2. The fourth-order valence-corrected chi connectivity index (χ4v) is 1.69. The predicted octanol–water partition coefficient (Wildman–Crippen LogP) is 1.90. The van der Waals surface area contributed by atoms with Gasteiger partial charge in [-0.2, -0.15) is 0 Å². The molecule has 0 saturated carbocycles. The van der Waals surface area contributed by atoms with Gasteiger partial charge in [-0.05, 0) is 11.1 Å². The van der Waals surface area contributed by atoms with Crippen LogP contribution in [0.4, 0.5) is 0 Å². The summed E-state index contributed by atoms with van der Waals surface area (Å²) >= 11 is 0. The van der Waals surface area contributed by atoms with E-state index in [0.29, 0.717) is 11.1 Å². The fourth-order valence-electron chi connectivity index (χ4n) is 1.69. The van der Waals surface area contributed by atoms with Crippen LogP contribution in [0.5, 0.6) is 0 Å². The molecule has 0 aliphatic heterocycles. The van der Waals surface area contributed by atoms with Crippen molar-refractivity contribution in [3.05, 3.63) is 70.8 Å². The first kappa shape index (κ1) is 12.5. The van der Waals surface area contributed by atoms with Crippen LogP contribution in [0.2, 0.25) is 0 Å². The molecular formula is C15H14O3. The average molecular weight is 242 g/mol. The van der Waals surface area contributed by atoms with Crippen molar-refractivity contribution in [2.75, 3.05) is 0 Å². The van der Waals surface area contributed by atoms with Crippen LogP contribution in [-0.2, 0) is 13.2 Å². The van der Waals surface area contributed by atoms with Crippen LogP contribution in [0.1, 0.15) is 27.0 Å². The van der Waals surface area contributed by atoms with Crippen molar-refractivity contribution in [2.45, 2.75) is 13.2 Å². The van der Waals surface area contributed by atoms with Crippen molar-refractivity contribution in [3.63, 3.8) is 0 Å². The highest BCUT2D eigenvalue weighted by molar-refractivity contribution is 6.08. The molecule has 0 unspecified atom stereocenters. The van der Waals surface area contributed by atoms with Crippen molar-refractivity contribution in [1.82, 2.24) is 0 Å². The van der Waals surface area contributed by atoms with Crippen LogP contribution in [0.3, 0.4) is 0 Å². The summed E-state index contributed by atoms with van der Waals surface area (Å²) in [5.41, 5.74) is 2.73. The Morgan fingerprint density at radius 3 is 1.33 bits per heavy atom. The SMILES string of the molecule is O=C(c1ccc(CO)cc1)c1ccc(CO)cc1. The largest absolute Gasteiger partial charge is 0.392 e. The molecular weight excluding hydrogens is 228 g/mol. The van der Waals surface area contributed by atoms with Crippen molar-refractivity contribution in [2.24, 2.45) is 0 Å². The molecule has 3 nitrogen and oxygen atoms in total. The summed E-state index contributed by atoms with van der Waals surface area (Å²) in [7, 11) is 0. The van der Waals surface area contributed by atoms with E-state index in [9.17, 15) is 4.79 Å². The molecule has 0 heterocycles. The molecule has 0 amide bonds. The molecule has 0 fully saturated rings. The molecule has 2 rings (SSSR count). The van der Waals surface area contributed by atoms with E-state index >= 15 is 0 Å². The third-order valence-corrected chi connectivity index (χ3v) is 2.80. The minimum absolute atomic E-state index is 0.0281. The molecule has 18 heavy (non-hydrogen) atoms. The molecule has 0 atom stereocenters. The molecule has 0 aliphatic rings. The number of benzene rings is 2. The van der Waals surface area contributed by atoms with Gasteiger partial charge in [0.05, 0.1) is 13.2 Å². The summed E-state index contributed by atoms with van der Waals surface area (Å²) < 4.78 is 0. The minimum atomic E-state index is -0.0658. The van der Waals surface area contributed by atoms with E-state index in [2.05, 4.69) is 0 Å². The third-order valence-electron chi connectivity index (χ3n) is 2.80. The zero-order valence-electron chi connectivity index (χ0n) is 9.84. The van der Waals surface area contributed by atoms with Crippen molar-refractivity contribution >= 4 is 5.78 Å². The smallest absolute Gasteiger partial charge is 0.193 e. The highest BCUT2D eigenvalue weighted by Gasteiger charge is 2.08. The first-order chi connectivity index (χ1) is 8.74. The maximum Gasteiger partial charge on any atom is 0.193 e. The summed E-state index contributed by atoms with van der Waals surface area (Å²) in [5.74, 6) is -0.0658. The molecule has 92 valence electrons. The van der Waals surface area contributed by atoms with Gasteiger partial charge in [-0.1, -0.05) is 48.5 Å². The lowest BCUT2D eigenvalue weighted by Crippen LogP contribution is -2.01. The van der Waals surface area contributed by atoms with E-state index in [4.69, 9.17) is 10.2 Å². The first-order valence-corrected chi connectivity index (χ1v) is 5.69. The number of carbonyl (C=O) groups excluding carboxylic acids is 1. The van der Waals surface area contributed by atoms with Gasteiger partial charge < -0.3 is 10.2 Å². The minimum Gasteiger partial charge on any atom is -0.392 e. The fraction of sp³-hybridized carbons (Fsp3) is 0.133. The third kappa shape index (κ3) is 2.64. The van der Waals surface area contributed by atoms with Gasteiger partial charge in [0.15, 0.2) is 5.78 Å². The Balaban J connectivity index is 2.23. The van der Waals surface area contributed by atoms with Gasteiger partial charge in [0.2, 0.25) is 0 Å². The van der Waals surface area contributed by atoms with E-state index in [0.717, 1.165) is 11.1 Å². The van der Waals surface area contributed by atoms with Gasteiger partial charge in [0.25, 0.3) is 0 Å². The van der Waals surface area contributed by atoms with Crippen LogP contribution in [0.15, 0.2) is 48.5 Å². The second-order valence-electron chi connectivity index (χ2n) is 4.04. The quantitative estimate of drug-likeness (QED) is 0.805. The highest BCUT2D eigenvalue weighted by atomic mass is 16.3. The maximum atomic E-state index is 12.1. The van der Waals surface area contributed by atoms with Crippen molar-refractivity contribution in [3.8, 4) is 0 Å². The number of ketones is 1. The summed E-state index contributed by atoms with van der Waals surface area (Å²) in [4.78, 5) is 12.1. The summed E-state index contributed by atoms with van der Waals surface area (Å²) in [6, 6.07) is 13.7. The highest BCUT2D eigenvalue weighted by Crippen LogP contribution is 2.12. The molecule has 2 aromatic carbocycles. The second kappa shape index (κ2) is 5.58. The van der Waals surface area contributed by atoms with E-state index in [-0.39, 0.29) is 19.0 Å². The number of rotatable bonds is 4. The summed E-state index contributed by atoms with van der Waals surface area (Å²) in [6.07, 6.45) is 0. The first-order valence-electron chi connectivity index (χ1n) is 5.69. The molecule has 0 radical (unpaired) electrons. The van der Waals surface area contributed by atoms with Crippen LogP contribution >= 0.6 is 0 Å². The molecule has 3 heteroatoms. The normalized spacial score (nSPS) is 10.3. The van der Waals surface area contributed by atoms with Gasteiger partial charge in [-0.3, -0.25) is 4.79 Å². The summed E-state index contributed by atoms with van der Waals surface area (Å²) in [5, 5.41) is 17.9. The van der Waals surface area contributed by atoms with E-state index in [1.165, 1.54) is 0 Å². The Hall–Kier alpha value is -1.97. The Bertz CT molecular complexity index is 477. The standard InChI is InChI=1S/C15H14O3/c16-9-11-1-5-13(6-2-11)15(18)14-7-3-12(10-17)4-8-14/h1-8,16-17H,9-10H2. The molecule has 0 aliphatic carbocycles. The Morgan fingerprint density at radius 1 is 0.722 bits per heavy atom. The molecule has 0 bridgehead atoms. The lowest BCUT2D eigenvalue weighted by molar-refractivity contribution is 0.103. The molecule has 0 aromatic heterocycles. The maximum absolute atomic E-state index is 12.1. The number of hydrogen-bond donors (Lipinski definition) is 2. The molecule has 0 saturated heterocycles. The van der Waals surface area contributed by atoms with Gasteiger partial charge in [0, 0.05) is 11.1 Å². The lowest BCUT2D eigenvalue weighted by Gasteiger charge is -2.03. The predicted molar refractivity (Wildman–Crippen MR) is 68.2 cm³/mol. The number of carbonyl (C=O) groups is 1.